The van der Waals surface area contributed by atoms with Crippen molar-refractivity contribution in [2.45, 2.75) is 122 Å². The Morgan fingerprint density at radius 3 is 2.52 bits per heavy atom. The van der Waals surface area contributed by atoms with Crippen molar-refractivity contribution in [2.24, 2.45) is 5.41 Å². The van der Waals surface area contributed by atoms with Crippen molar-refractivity contribution < 1.29 is 9.13 Å². The molecule has 0 aromatic heterocycles. The maximum Gasteiger partial charge on any atom is 0.165 e. The molecular weight excluding hydrogens is 383 g/mol. The molecule has 1 nitrogen and oxygen atoms in total. The molecule has 0 heterocycles. The number of allylic oxidation sites excluding steroid dienone is 2. The van der Waals surface area contributed by atoms with Crippen LogP contribution in [-0.4, -0.2) is 6.61 Å². The molecule has 2 heteroatoms. The Labute approximate surface area is 190 Å². The predicted molar refractivity (Wildman–Crippen MR) is 130 cm³/mol. The summed E-state index contributed by atoms with van der Waals surface area (Å²) < 4.78 is 20.4. The van der Waals surface area contributed by atoms with Crippen LogP contribution in [0.1, 0.15) is 128 Å². The molecule has 2 aliphatic carbocycles. The molecule has 0 N–H and O–H groups in total. The van der Waals surface area contributed by atoms with E-state index in [4.69, 9.17) is 4.74 Å². The first kappa shape index (κ1) is 24.3. The molecule has 0 radical (unpaired) electrons. The van der Waals surface area contributed by atoms with Crippen molar-refractivity contribution in [3.63, 3.8) is 0 Å². The third-order valence-corrected chi connectivity index (χ3v) is 7.78. The van der Waals surface area contributed by atoms with Crippen molar-refractivity contribution >= 4 is 0 Å². The Balaban J connectivity index is 1.75. The largest absolute Gasteiger partial charge is 0.491 e. The van der Waals surface area contributed by atoms with Gasteiger partial charge in [-0.15, -0.1) is 0 Å². The first-order valence-corrected chi connectivity index (χ1v) is 13.3. The van der Waals surface area contributed by atoms with Crippen LogP contribution in [0.3, 0.4) is 0 Å². The molecule has 0 bridgehead atoms. The van der Waals surface area contributed by atoms with Crippen LogP contribution in [0.2, 0.25) is 0 Å². The number of hydrogen-bond donors (Lipinski definition) is 0. The van der Waals surface area contributed by atoms with Crippen LogP contribution in [0.15, 0.2) is 29.8 Å². The van der Waals surface area contributed by atoms with E-state index in [1.54, 1.807) is 11.6 Å². The number of ether oxygens (including phenoxy) is 1. The second kappa shape index (κ2) is 12.7. The topological polar surface area (TPSA) is 9.23 Å². The van der Waals surface area contributed by atoms with Crippen LogP contribution in [0.25, 0.3) is 0 Å². The van der Waals surface area contributed by atoms with E-state index < -0.39 is 0 Å². The molecule has 3 rings (SSSR count). The van der Waals surface area contributed by atoms with Gasteiger partial charge in [0.25, 0.3) is 0 Å². The van der Waals surface area contributed by atoms with Crippen molar-refractivity contribution in [1.82, 2.24) is 0 Å². The van der Waals surface area contributed by atoms with Crippen LogP contribution in [0.5, 0.6) is 5.75 Å². The summed E-state index contributed by atoms with van der Waals surface area (Å²) in [6.07, 6.45) is 23.1. The van der Waals surface area contributed by atoms with Gasteiger partial charge in [-0.25, -0.2) is 4.39 Å². The molecule has 1 fully saturated rings. The van der Waals surface area contributed by atoms with Crippen molar-refractivity contribution in [3.8, 4) is 5.75 Å². The minimum atomic E-state index is -0.188. The number of unbranched alkanes of at least 4 members (excludes halogenated alkanes) is 1. The van der Waals surface area contributed by atoms with E-state index in [9.17, 15) is 4.39 Å². The van der Waals surface area contributed by atoms with Gasteiger partial charge in [0.15, 0.2) is 11.6 Å². The minimum Gasteiger partial charge on any atom is -0.491 e. The maximum absolute atomic E-state index is 14.8. The van der Waals surface area contributed by atoms with E-state index in [1.165, 1.54) is 95.5 Å². The SMILES string of the molecule is CCCCC1(CCC(CC2=CCCCC2)c2ccc(OCCC)c(F)c2)CCCCC1. The Hall–Kier alpha value is -1.31. The molecule has 0 spiro atoms. The van der Waals surface area contributed by atoms with Crippen LogP contribution in [-0.2, 0) is 0 Å². The zero-order valence-electron chi connectivity index (χ0n) is 20.2. The number of benzene rings is 1. The second-order valence-electron chi connectivity index (χ2n) is 10.3. The highest BCUT2D eigenvalue weighted by Crippen LogP contribution is 2.47. The molecule has 174 valence electrons. The molecule has 1 aromatic carbocycles. The maximum atomic E-state index is 14.8. The van der Waals surface area contributed by atoms with Crippen molar-refractivity contribution in [2.75, 3.05) is 6.61 Å². The molecule has 1 unspecified atom stereocenters. The molecule has 1 atom stereocenters. The summed E-state index contributed by atoms with van der Waals surface area (Å²) in [5.41, 5.74) is 3.32. The monoisotopic (exact) mass is 428 g/mol. The first-order valence-electron chi connectivity index (χ1n) is 13.3. The Bertz CT molecular complexity index is 686. The fourth-order valence-corrected chi connectivity index (χ4v) is 5.85. The molecule has 0 aliphatic heterocycles. The average Bonchev–Trinajstić information content (AvgIpc) is 2.81. The number of rotatable bonds is 12. The first-order chi connectivity index (χ1) is 15.2. The summed E-state index contributed by atoms with van der Waals surface area (Å²) in [6, 6.07) is 5.79. The van der Waals surface area contributed by atoms with E-state index >= 15 is 0 Å². The third-order valence-electron chi connectivity index (χ3n) is 7.78. The molecule has 1 aromatic rings. The average molecular weight is 429 g/mol. The highest BCUT2D eigenvalue weighted by Gasteiger charge is 2.32. The van der Waals surface area contributed by atoms with E-state index in [0.29, 0.717) is 23.7 Å². The predicted octanol–water partition coefficient (Wildman–Crippen LogP) is 9.51. The lowest BCUT2D eigenvalue weighted by molar-refractivity contribution is 0.145. The van der Waals surface area contributed by atoms with Crippen LogP contribution >= 0.6 is 0 Å². The van der Waals surface area contributed by atoms with Crippen LogP contribution in [0, 0.1) is 11.2 Å². The second-order valence-corrected chi connectivity index (χ2v) is 10.3. The lowest BCUT2D eigenvalue weighted by Crippen LogP contribution is -2.25. The zero-order valence-corrected chi connectivity index (χ0v) is 20.2. The Kier molecular flexibility index (Phi) is 9.94. The standard InChI is InChI=1S/C29H45FO/c1-3-5-17-29(18-10-7-11-19-29)20-16-26(22-24-12-8-6-9-13-24)25-14-15-28(27(30)23-25)31-21-4-2/h12,14-15,23,26H,3-11,13,16-22H2,1-2H3. The molecule has 0 saturated heterocycles. The normalized spacial score (nSPS) is 19.6. The zero-order chi connectivity index (χ0) is 21.9. The summed E-state index contributed by atoms with van der Waals surface area (Å²) in [6.45, 7) is 4.95. The minimum absolute atomic E-state index is 0.188. The van der Waals surface area contributed by atoms with Gasteiger partial charge in [-0.2, -0.15) is 0 Å². The van der Waals surface area contributed by atoms with Gasteiger partial charge >= 0.3 is 0 Å². The van der Waals surface area contributed by atoms with Gasteiger partial charge in [-0.1, -0.05) is 63.7 Å². The van der Waals surface area contributed by atoms with Crippen molar-refractivity contribution in [1.29, 1.82) is 0 Å². The highest BCUT2D eigenvalue weighted by molar-refractivity contribution is 5.32. The van der Waals surface area contributed by atoms with Crippen LogP contribution < -0.4 is 4.74 Å². The highest BCUT2D eigenvalue weighted by atomic mass is 19.1. The van der Waals surface area contributed by atoms with E-state index in [0.717, 1.165) is 12.8 Å². The lowest BCUT2D eigenvalue weighted by Gasteiger charge is -2.39. The van der Waals surface area contributed by atoms with Gasteiger partial charge in [0, 0.05) is 0 Å². The summed E-state index contributed by atoms with van der Waals surface area (Å²) in [5.74, 6) is 0.652. The number of halogens is 1. The number of hydrogen-bond acceptors (Lipinski definition) is 1. The quantitative estimate of drug-likeness (QED) is 0.301. The van der Waals surface area contributed by atoms with Gasteiger partial charge in [0.2, 0.25) is 0 Å². The van der Waals surface area contributed by atoms with Gasteiger partial charge in [-0.3, -0.25) is 0 Å². The lowest BCUT2D eigenvalue weighted by atomic mass is 9.67. The third kappa shape index (κ3) is 7.36. The van der Waals surface area contributed by atoms with Crippen LogP contribution in [0.4, 0.5) is 4.39 Å². The molecular formula is C29H45FO. The summed E-state index contributed by atoms with van der Waals surface area (Å²) in [5, 5.41) is 0. The fraction of sp³-hybridized carbons (Fsp3) is 0.724. The van der Waals surface area contributed by atoms with Gasteiger partial charge in [-0.05, 0) is 99.7 Å². The summed E-state index contributed by atoms with van der Waals surface area (Å²) in [7, 11) is 0. The van der Waals surface area contributed by atoms with E-state index in [2.05, 4.69) is 26.0 Å². The fourth-order valence-electron chi connectivity index (χ4n) is 5.85. The molecule has 0 amide bonds. The summed E-state index contributed by atoms with van der Waals surface area (Å²) >= 11 is 0. The van der Waals surface area contributed by atoms with Gasteiger partial charge in [0.05, 0.1) is 6.61 Å². The smallest absolute Gasteiger partial charge is 0.165 e. The summed E-state index contributed by atoms with van der Waals surface area (Å²) in [4.78, 5) is 0. The Morgan fingerprint density at radius 2 is 1.84 bits per heavy atom. The Morgan fingerprint density at radius 1 is 1.00 bits per heavy atom. The van der Waals surface area contributed by atoms with Gasteiger partial charge < -0.3 is 4.74 Å². The molecule has 31 heavy (non-hydrogen) atoms. The molecule has 1 saturated carbocycles. The van der Waals surface area contributed by atoms with Crippen molar-refractivity contribution in [3.05, 3.63) is 41.2 Å². The van der Waals surface area contributed by atoms with E-state index in [1.807, 2.05) is 6.07 Å². The van der Waals surface area contributed by atoms with Gasteiger partial charge in [0.1, 0.15) is 0 Å². The van der Waals surface area contributed by atoms with E-state index in [-0.39, 0.29) is 5.82 Å². The molecule has 2 aliphatic rings.